The zero-order chi connectivity index (χ0) is 21.8. The molecule has 1 aliphatic carbocycles. The molecule has 0 fully saturated rings. The fourth-order valence-electron chi connectivity index (χ4n) is 4.34. The predicted molar refractivity (Wildman–Crippen MR) is 115 cm³/mol. The van der Waals surface area contributed by atoms with Crippen LogP contribution in [0, 0.1) is 5.92 Å². The number of hydrogen-bond acceptors (Lipinski definition) is 4. The lowest BCUT2D eigenvalue weighted by molar-refractivity contribution is -0.435. The Kier molecular flexibility index (Phi) is 6.14. The fourth-order valence-corrected chi connectivity index (χ4v) is 4.34. The van der Waals surface area contributed by atoms with Crippen LogP contribution < -0.4 is 10.8 Å². The van der Waals surface area contributed by atoms with Gasteiger partial charge in [-0.15, -0.1) is 0 Å². The molecule has 0 spiro atoms. The molecule has 0 bridgehead atoms. The van der Waals surface area contributed by atoms with Gasteiger partial charge in [-0.25, -0.2) is 0 Å². The highest BCUT2D eigenvalue weighted by Crippen LogP contribution is 2.44. The molecule has 3 aromatic rings. The number of carboxylic acid groups (broad SMARTS) is 1. The Balaban J connectivity index is 1.44. The zero-order valence-electron chi connectivity index (χ0n) is 17.2. The largest absolute Gasteiger partial charge is 0.549 e. The number of carboxylic acids is 1. The highest BCUT2D eigenvalue weighted by molar-refractivity contribution is 5.93. The topological polar surface area (TPSA) is 94.1 Å². The lowest BCUT2D eigenvalue weighted by Gasteiger charge is -2.22. The van der Waals surface area contributed by atoms with Crippen molar-refractivity contribution in [2.45, 2.75) is 24.8 Å². The van der Waals surface area contributed by atoms with Crippen molar-refractivity contribution in [3.8, 4) is 11.1 Å². The normalized spacial score (nSPS) is 14.4. The molecule has 31 heavy (non-hydrogen) atoms. The summed E-state index contributed by atoms with van der Waals surface area (Å²) in [4.78, 5) is 24.5. The first-order valence-electron chi connectivity index (χ1n) is 10.5. The van der Waals surface area contributed by atoms with Crippen LogP contribution in [0.1, 0.15) is 29.0 Å². The van der Waals surface area contributed by atoms with Gasteiger partial charge >= 0.3 is 5.97 Å². The number of rotatable bonds is 8. The third-order valence-electron chi connectivity index (χ3n) is 5.98. The van der Waals surface area contributed by atoms with Crippen LogP contribution in [0.25, 0.3) is 11.1 Å². The number of fused-ring (bicyclic) bond motifs is 3. The molecule has 4 rings (SSSR count). The zero-order valence-corrected chi connectivity index (χ0v) is 17.2. The van der Waals surface area contributed by atoms with E-state index in [1.807, 2.05) is 66.7 Å². The molecule has 5 heteroatoms. The lowest BCUT2D eigenvalue weighted by atomic mass is 9.94. The number of benzene rings is 3. The van der Waals surface area contributed by atoms with E-state index in [-0.39, 0.29) is 12.5 Å². The van der Waals surface area contributed by atoms with Crippen LogP contribution in [0.2, 0.25) is 0 Å². The molecule has 0 heterocycles. The fraction of sp³-hybridized carbons (Fsp3) is 0.231. The van der Waals surface area contributed by atoms with Gasteiger partial charge in [-0.05, 0) is 34.2 Å². The molecule has 0 aliphatic heterocycles. The van der Waals surface area contributed by atoms with E-state index < -0.39 is 23.9 Å². The first-order chi connectivity index (χ1) is 15.1. The Labute approximate surface area is 181 Å². The molecule has 0 radical (unpaired) electrons. The Hall–Kier alpha value is -3.44. The molecule has 0 aromatic heterocycles. The molecule has 0 saturated heterocycles. The van der Waals surface area contributed by atoms with Crippen molar-refractivity contribution in [2.75, 3.05) is 6.61 Å². The van der Waals surface area contributed by atoms with Crippen molar-refractivity contribution in [3.63, 3.8) is 0 Å². The van der Waals surface area contributed by atoms with Gasteiger partial charge < -0.3 is 20.4 Å². The molecule has 3 N–H and O–H groups in total. The number of carbonyl (C=O) groups is 2. The van der Waals surface area contributed by atoms with Gasteiger partial charge in [0.15, 0.2) is 0 Å². The lowest BCUT2D eigenvalue weighted by Crippen LogP contribution is -2.68. The van der Waals surface area contributed by atoms with E-state index in [2.05, 4.69) is 17.9 Å². The van der Waals surface area contributed by atoms with Crippen LogP contribution in [-0.4, -0.2) is 24.6 Å². The molecule has 1 aliphatic rings. The molecular formula is C26H25NO4. The number of carbonyl (C=O) groups excluding carboxylic acids is 2. The molecule has 2 atom stereocenters. The van der Waals surface area contributed by atoms with Crippen LogP contribution in [0.3, 0.4) is 0 Å². The number of aliphatic carboxylic acids is 1. The Morgan fingerprint density at radius 1 is 0.871 bits per heavy atom. The summed E-state index contributed by atoms with van der Waals surface area (Å²) in [6.45, 7) is 0.0854. The molecule has 0 amide bonds. The summed E-state index contributed by atoms with van der Waals surface area (Å²) < 4.78 is 5.54. The maximum Gasteiger partial charge on any atom is 0.320 e. The summed E-state index contributed by atoms with van der Waals surface area (Å²) in [5.74, 6) is -3.73. The Bertz CT molecular complexity index is 1030. The summed E-state index contributed by atoms with van der Waals surface area (Å²) >= 11 is 0. The standard InChI is InChI=1S/C26H25NO4/c27-23(15-14-17-8-2-1-3-9-17)24(25(28)29)26(30)31-16-22-20-12-6-4-10-18(20)19-11-5-7-13-21(19)22/h1-13,22-24H,14-16,27H2,(H,28,29)/t23-,24-/m0/s1. The van der Waals surface area contributed by atoms with E-state index in [1.54, 1.807) is 0 Å². The van der Waals surface area contributed by atoms with Crippen LogP contribution in [-0.2, 0) is 20.7 Å². The molecule has 158 valence electrons. The maximum absolute atomic E-state index is 12.7. The van der Waals surface area contributed by atoms with Gasteiger partial charge in [-0.3, -0.25) is 4.79 Å². The average Bonchev–Trinajstić information content (AvgIpc) is 3.11. The van der Waals surface area contributed by atoms with Crippen LogP contribution in [0.4, 0.5) is 0 Å². The number of aryl methyl sites for hydroxylation is 1. The second-order valence-electron chi connectivity index (χ2n) is 7.94. The maximum atomic E-state index is 12.7. The monoisotopic (exact) mass is 415 g/mol. The summed E-state index contributed by atoms with van der Waals surface area (Å²) in [6, 6.07) is 25.1. The van der Waals surface area contributed by atoms with Gasteiger partial charge in [0.2, 0.25) is 0 Å². The SMILES string of the molecule is [NH3+][C@@H](CCc1ccccc1)[C@@H](C(=O)[O-])C(=O)OCC1c2ccccc2-c2ccccc21. The van der Waals surface area contributed by atoms with Crippen molar-refractivity contribution in [3.05, 3.63) is 95.6 Å². The quantitative estimate of drug-likeness (QED) is 0.449. The minimum absolute atomic E-state index is 0.0854. The predicted octanol–water partition coefficient (Wildman–Crippen LogP) is 1.95. The first kappa shape index (κ1) is 20.8. The molecule has 3 aromatic carbocycles. The van der Waals surface area contributed by atoms with Crippen molar-refractivity contribution in [1.29, 1.82) is 0 Å². The number of ether oxygens (including phenoxy) is 1. The van der Waals surface area contributed by atoms with Crippen LogP contribution in [0.15, 0.2) is 78.9 Å². The summed E-state index contributed by atoms with van der Waals surface area (Å²) in [6.07, 6.45) is 1.09. The summed E-state index contributed by atoms with van der Waals surface area (Å²) in [5, 5.41) is 11.7. The number of esters is 1. The van der Waals surface area contributed by atoms with Gasteiger partial charge in [0, 0.05) is 12.3 Å². The summed E-state index contributed by atoms with van der Waals surface area (Å²) in [7, 11) is 0. The van der Waals surface area contributed by atoms with E-state index in [4.69, 9.17) is 4.74 Å². The smallest absolute Gasteiger partial charge is 0.320 e. The molecular weight excluding hydrogens is 390 g/mol. The van der Waals surface area contributed by atoms with Crippen molar-refractivity contribution in [1.82, 2.24) is 0 Å². The third-order valence-corrected chi connectivity index (χ3v) is 5.98. The number of quaternary nitrogens is 1. The molecule has 0 saturated carbocycles. The minimum Gasteiger partial charge on any atom is -0.549 e. The van der Waals surface area contributed by atoms with Crippen molar-refractivity contribution < 1.29 is 25.2 Å². The Morgan fingerprint density at radius 3 is 2.00 bits per heavy atom. The van der Waals surface area contributed by atoms with Gasteiger partial charge in [-0.2, -0.15) is 0 Å². The second kappa shape index (κ2) is 9.14. The van der Waals surface area contributed by atoms with Gasteiger partial charge in [0.25, 0.3) is 0 Å². The third kappa shape index (κ3) is 4.37. The van der Waals surface area contributed by atoms with E-state index in [0.29, 0.717) is 12.8 Å². The molecule has 5 nitrogen and oxygen atoms in total. The van der Waals surface area contributed by atoms with Gasteiger partial charge in [-0.1, -0.05) is 78.9 Å². The van der Waals surface area contributed by atoms with E-state index in [1.165, 1.54) is 0 Å². The number of hydrogen-bond donors (Lipinski definition) is 1. The van der Waals surface area contributed by atoms with Crippen LogP contribution >= 0.6 is 0 Å². The summed E-state index contributed by atoms with van der Waals surface area (Å²) in [5.41, 5.74) is 9.39. The average molecular weight is 415 g/mol. The Morgan fingerprint density at radius 2 is 1.42 bits per heavy atom. The second-order valence-corrected chi connectivity index (χ2v) is 7.94. The minimum atomic E-state index is -1.44. The van der Waals surface area contributed by atoms with E-state index in [0.717, 1.165) is 27.8 Å². The van der Waals surface area contributed by atoms with Crippen LogP contribution in [0.5, 0.6) is 0 Å². The van der Waals surface area contributed by atoms with E-state index >= 15 is 0 Å². The van der Waals surface area contributed by atoms with Crippen molar-refractivity contribution >= 4 is 11.9 Å². The van der Waals surface area contributed by atoms with Gasteiger partial charge in [0.05, 0.1) is 5.97 Å². The highest BCUT2D eigenvalue weighted by atomic mass is 16.5. The van der Waals surface area contributed by atoms with Gasteiger partial charge in [0.1, 0.15) is 18.6 Å². The molecule has 0 unspecified atom stereocenters. The van der Waals surface area contributed by atoms with Crippen molar-refractivity contribution in [2.24, 2.45) is 5.92 Å². The van der Waals surface area contributed by atoms with E-state index in [9.17, 15) is 14.7 Å². The first-order valence-corrected chi connectivity index (χ1v) is 10.5. The highest BCUT2D eigenvalue weighted by Gasteiger charge is 2.34.